The number of aromatic nitrogens is 2. The minimum Gasteiger partial charge on any atom is -0.424 e. The standard InChI is InChI=1S/C24H25N3O2/c1-17-7-5-6-10-22(17)19-15-25-24(26-16-19)29-21-13-11-18(12-14-21)23(28)27-20-8-3-2-4-9-20/h5-7,10-16,20H,2-4,8-9H2,1H3,(H,27,28). The van der Waals surface area contributed by atoms with Crippen molar-refractivity contribution in [2.45, 2.75) is 45.1 Å². The lowest BCUT2D eigenvalue weighted by molar-refractivity contribution is 0.0927. The van der Waals surface area contributed by atoms with Crippen LogP contribution in [0.4, 0.5) is 0 Å². The lowest BCUT2D eigenvalue weighted by atomic mass is 9.95. The second-order valence-corrected chi connectivity index (χ2v) is 7.50. The van der Waals surface area contributed by atoms with Crippen molar-refractivity contribution in [3.63, 3.8) is 0 Å². The first kappa shape index (κ1) is 19.1. The number of amides is 1. The Labute approximate surface area is 171 Å². The molecule has 3 aromatic rings. The Morgan fingerprint density at radius 3 is 2.34 bits per heavy atom. The molecule has 1 amide bonds. The monoisotopic (exact) mass is 387 g/mol. The molecule has 1 saturated carbocycles. The summed E-state index contributed by atoms with van der Waals surface area (Å²) in [6, 6.07) is 15.8. The van der Waals surface area contributed by atoms with Crippen molar-refractivity contribution in [2.75, 3.05) is 0 Å². The number of ether oxygens (including phenoxy) is 1. The van der Waals surface area contributed by atoms with E-state index >= 15 is 0 Å². The van der Waals surface area contributed by atoms with Crippen molar-refractivity contribution < 1.29 is 9.53 Å². The molecule has 0 aliphatic heterocycles. The Kier molecular flexibility index (Phi) is 5.84. The molecule has 5 nitrogen and oxygen atoms in total. The number of nitrogens with one attached hydrogen (secondary N) is 1. The predicted octanol–water partition coefficient (Wildman–Crippen LogP) is 5.31. The fraction of sp³-hybridized carbons (Fsp3) is 0.292. The van der Waals surface area contributed by atoms with E-state index in [1.54, 1.807) is 36.7 Å². The highest BCUT2D eigenvalue weighted by Gasteiger charge is 2.16. The largest absolute Gasteiger partial charge is 0.424 e. The second kappa shape index (κ2) is 8.86. The fourth-order valence-electron chi connectivity index (χ4n) is 3.70. The molecule has 0 spiro atoms. The molecule has 2 aromatic carbocycles. The van der Waals surface area contributed by atoms with Crippen LogP contribution in [0.3, 0.4) is 0 Å². The van der Waals surface area contributed by atoms with Crippen LogP contribution in [0.1, 0.15) is 48.0 Å². The number of carbonyl (C=O) groups is 1. The van der Waals surface area contributed by atoms with Gasteiger partial charge in [0.2, 0.25) is 0 Å². The van der Waals surface area contributed by atoms with Gasteiger partial charge in [0.05, 0.1) is 0 Å². The minimum atomic E-state index is -0.0257. The summed E-state index contributed by atoms with van der Waals surface area (Å²) in [5.41, 5.74) is 3.86. The second-order valence-electron chi connectivity index (χ2n) is 7.50. The van der Waals surface area contributed by atoms with Crippen LogP contribution in [0.5, 0.6) is 11.8 Å². The third kappa shape index (κ3) is 4.80. The topological polar surface area (TPSA) is 64.1 Å². The average Bonchev–Trinajstić information content (AvgIpc) is 2.76. The van der Waals surface area contributed by atoms with Gasteiger partial charge in [-0.25, -0.2) is 9.97 Å². The average molecular weight is 387 g/mol. The third-order valence-electron chi connectivity index (χ3n) is 5.35. The number of nitrogens with zero attached hydrogens (tertiary/aromatic N) is 2. The van der Waals surface area contributed by atoms with Gasteiger partial charge >= 0.3 is 6.01 Å². The number of hydrogen-bond acceptors (Lipinski definition) is 4. The molecule has 4 rings (SSSR count). The quantitative estimate of drug-likeness (QED) is 0.645. The molecular formula is C24H25N3O2. The van der Waals surface area contributed by atoms with Gasteiger partial charge in [0.15, 0.2) is 0 Å². The van der Waals surface area contributed by atoms with Crippen molar-refractivity contribution in [3.8, 4) is 22.9 Å². The zero-order chi connectivity index (χ0) is 20.1. The molecule has 148 valence electrons. The maximum Gasteiger partial charge on any atom is 0.321 e. The van der Waals surface area contributed by atoms with E-state index in [1.165, 1.54) is 24.8 Å². The lowest BCUT2D eigenvalue weighted by Gasteiger charge is -2.22. The molecule has 1 aromatic heterocycles. The Morgan fingerprint density at radius 2 is 1.66 bits per heavy atom. The molecule has 29 heavy (non-hydrogen) atoms. The van der Waals surface area contributed by atoms with Crippen LogP contribution >= 0.6 is 0 Å². The summed E-state index contributed by atoms with van der Waals surface area (Å²) in [6.07, 6.45) is 9.33. The highest BCUT2D eigenvalue weighted by Crippen LogP contribution is 2.24. The molecule has 1 aliphatic rings. The molecular weight excluding hydrogens is 362 g/mol. The van der Waals surface area contributed by atoms with E-state index in [4.69, 9.17) is 4.74 Å². The van der Waals surface area contributed by atoms with Crippen LogP contribution in [0, 0.1) is 6.92 Å². The Morgan fingerprint density at radius 1 is 0.966 bits per heavy atom. The smallest absolute Gasteiger partial charge is 0.321 e. The summed E-state index contributed by atoms with van der Waals surface area (Å²) in [4.78, 5) is 21.0. The summed E-state index contributed by atoms with van der Waals surface area (Å²) < 4.78 is 5.73. The number of rotatable bonds is 5. The van der Waals surface area contributed by atoms with E-state index in [-0.39, 0.29) is 11.9 Å². The summed E-state index contributed by atoms with van der Waals surface area (Å²) >= 11 is 0. The van der Waals surface area contributed by atoms with Gasteiger partial charge < -0.3 is 10.1 Å². The van der Waals surface area contributed by atoms with Crippen LogP contribution in [0.25, 0.3) is 11.1 Å². The van der Waals surface area contributed by atoms with E-state index in [1.807, 2.05) is 18.2 Å². The van der Waals surface area contributed by atoms with Crippen molar-refractivity contribution in [1.29, 1.82) is 0 Å². The highest BCUT2D eigenvalue weighted by molar-refractivity contribution is 5.94. The maximum atomic E-state index is 12.4. The van der Waals surface area contributed by atoms with Crippen LogP contribution < -0.4 is 10.1 Å². The molecule has 0 saturated heterocycles. The van der Waals surface area contributed by atoms with Crippen LogP contribution in [-0.4, -0.2) is 21.9 Å². The van der Waals surface area contributed by atoms with Crippen molar-refractivity contribution >= 4 is 5.91 Å². The third-order valence-corrected chi connectivity index (χ3v) is 5.35. The fourth-order valence-corrected chi connectivity index (χ4v) is 3.70. The zero-order valence-electron chi connectivity index (χ0n) is 16.6. The molecule has 1 N–H and O–H groups in total. The van der Waals surface area contributed by atoms with Gasteiger partial charge in [-0.3, -0.25) is 4.79 Å². The molecule has 5 heteroatoms. The van der Waals surface area contributed by atoms with Crippen molar-refractivity contribution in [1.82, 2.24) is 15.3 Å². The summed E-state index contributed by atoms with van der Waals surface area (Å²) in [7, 11) is 0. The van der Waals surface area contributed by atoms with E-state index in [2.05, 4.69) is 28.3 Å². The Hall–Kier alpha value is -3.21. The predicted molar refractivity (Wildman–Crippen MR) is 113 cm³/mol. The first-order chi connectivity index (χ1) is 14.2. The summed E-state index contributed by atoms with van der Waals surface area (Å²) in [5.74, 6) is 0.574. The SMILES string of the molecule is Cc1ccccc1-c1cnc(Oc2ccc(C(=O)NC3CCCCC3)cc2)nc1. The van der Waals surface area contributed by atoms with Crippen LogP contribution in [0.15, 0.2) is 60.9 Å². The van der Waals surface area contributed by atoms with Gasteiger partial charge in [-0.1, -0.05) is 43.5 Å². The molecule has 0 radical (unpaired) electrons. The first-order valence-corrected chi connectivity index (χ1v) is 10.2. The van der Waals surface area contributed by atoms with Gasteiger partial charge in [-0.2, -0.15) is 0 Å². The molecule has 0 bridgehead atoms. The number of benzene rings is 2. The van der Waals surface area contributed by atoms with Gasteiger partial charge in [-0.05, 0) is 55.2 Å². The van der Waals surface area contributed by atoms with Crippen LogP contribution in [0.2, 0.25) is 0 Å². The van der Waals surface area contributed by atoms with Gasteiger partial charge in [0.25, 0.3) is 5.91 Å². The molecule has 1 heterocycles. The molecule has 1 aliphatic carbocycles. The lowest BCUT2D eigenvalue weighted by Crippen LogP contribution is -2.36. The van der Waals surface area contributed by atoms with Crippen LogP contribution in [-0.2, 0) is 0 Å². The van der Waals surface area contributed by atoms with E-state index < -0.39 is 0 Å². The van der Waals surface area contributed by atoms with E-state index in [9.17, 15) is 4.79 Å². The van der Waals surface area contributed by atoms with E-state index in [0.29, 0.717) is 17.4 Å². The van der Waals surface area contributed by atoms with Crippen molar-refractivity contribution in [3.05, 3.63) is 72.1 Å². The number of aryl methyl sites for hydroxylation is 1. The Bertz CT molecular complexity index is 962. The molecule has 0 atom stereocenters. The minimum absolute atomic E-state index is 0.0257. The Balaban J connectivity index is 1.38. The molecule has 1 fully saturated rings. The van der Waals surface area contributed by atoms with Gasteiger partial charge in [-0.15, -0.1) is 0 Å². The normalized spacial score (nSPS) is 14.4. The molecule has 0 unspecified atom stereocenters. The van der Waals surface area contributed by atoms with Gasteiger partial charge in [0, 0.05) is 29.6 Å². The maximum absolute atomic E-state index is 12.4. The number of carbonyl (C=O) groups excluding carboxylic acids is 1. The highest BCUT2D eigenvalue weighted by atomic mass is 16.5. The zero-order valence-corrected chi connectivity index (χ0v) is 16.6. The number of hydrogen-bond donors (Lipinski definition) is 1. The summed E-state index contributed by atoms with van der Waals surface area (Å²) in [5, 5.41) is 3.13. The first-order valence-electron chi connectivity index (χ1n) is 10.2. The van der Waals surface area contributed by atoms with E-state index in [0.717, 1.165) is 24.0 Å². The van der Waals surface area contributed by atoms with Crippen molar-refractivity contribution in [2.24, 2.45) is 0 Å². The summed E-state index contributed by atoms with van der Waals surface area (Å²) in [6.45, 7) is 2.06. The van der Waals surface area contributed by atoms with Gasteiger partial charge in [0.1, 0.15) is 5.75 Å².